The van der Waals surface area contributed by atoms with Crippen molar-refractivity contribution < 1.29 is 4.74 Å². The molecule has 1 aromatic heterocycles. The number of nitrogens with zero attached hydrogens (tertiary/aromatic N) is 2. The number of ether oxygens (including phenoxy) is 1. The molecule has 0 aliphatic rings. The average molecular weight is 192 g/mol. The van der Waals surface area contributed by atoms with E-state index >= 15 is 0 Å². The van der Waals surface area contributed by atoms with Gasteiger partial charge in [0.05, 0.1) is 19.3 Å². The van der Waals surface area contributed by atoms with E-state index < -0.39 is 0 Å². The molecule has 0 aromatic carbocycles. The third kappa shape index (κ3) is 3.21. The van der Waals surface area contributed by atoms with Gasteiger partial charge in [0.15, 0.2) is 0 Å². The molecule has 0 amide bonds. The van der Waals surface area contributed by atoms with Crippen molar-refractivity contribution in [2.45, 2.75) is 13.1 Å². The molecule has 70 valence electrons. The van der Waals surface area contributed by atoms with E-state index in [2.05, 4.69) is 5.10 Å². The van der Waals surface area contributed by atoms with Crippen LogP contribution in [0.25, 0.3) is 0 Å². The second kappa shape index (κ2) is 5.99. The van der Waals surface area contributed by atoms with Crippen LogP contribution in [-0.2, 0) is 17.8 Å². The zero-order valence-electron chi connectivity index (χ0n) is 7.06. The number of methoxy groups -OCH3 is 1. The SMILES string of the molecule is COCCn1cc(CN)cn1.Cl. The van der Waals surface area contributed by atoms with E-state index in [9.17, 15) is 0 Å². The molecular weight excluding hydrogens is 178 g/mol. The van der Waals surface area contributed by atoms with Gasteiger partial charge in [-0.1, -0.05) is 0 Å². The molecule has 0 saturated carbocycles. The maximum absolute atomic E-state index is 5.41. The van der Waals surface area contributed by atoms with Crippen molar-refractivity contribution in [3.05, 3.63) is 18.0 Å². The number of hydrogen-bond donors (Lipinski definition) is 1. The molecule has 0 unspecified atom stereocenters. The smallest absolute Gasteiger partial charge is 0.0658 e. The molecular formula is C7H14ClN3O. The zero-order chi connectivity index (χ0) is 8.10. The summed E-state index contributed by atoms with van der Waals surface area (Å²) >= 11 is 0. The first-order valence-electron chi connectivity index (χ1n) is 3.57. The van der Waals surface area contributed by atoms with Crippen molar-refractivity contribution in [2.75, 3.05) is 13.7 Å². The summed E-state index contributed by atoms with van der Waals surface area (Å²) in [6.45, 7) is 2.02. The minimum Gasteiger partial charge on any atom is -0.383 e. The van der Waals surface area contributed by atoms with Crippen molar-refractivity contribution in [1.82, 2.24) is 9.78 Å². The predicted octanol–water partition coefficient (Wildman–Crippen LogP) is 0.410. The Hall–Kier alpha value is -0.580. The summed E-state index contributed by atoms with van der Waals surface area (Å²) in [4.78, 5) is 0. The number of hydrogen-bond acceptors (Lipinski definition) is 3. The van der Waals surface area contributed by atoms with E-state index in [-0.39, 0.29) is 12.4 Å². The van der Waals surface area contributed by atoms with Crippen LogP contribution in [0.4, 0.5) is 0 Å². The van der Waals surface area contributed by atoms with Gasteiger partial charge in [0.25, 0.3) is 0 Å². The monoisotopic (exact) mass is 191 g/mol. The van der Waals surface area contributed by atoms with E-state index in [1.807, 2.05) is 10.9 Å². The Morgan fingerprint density at radius 3 is 2.92 bits per heavy atom. The fourth-order valence-electron chi connectivity index (χ4n) is 0.819. The number of nitrogens with two attached hydrogens (primary N) is 1. The number of rotatable bonds is 4. The quantitative estimate of drug-likeness (QED) is 0.750. The van der Waals surface area contributed by atoms with E-state index in [0.717, 1.165) is 12.1 Å². The minimum atomic E-state index is 0. The molecule has 0 aliphatic carbocycles. The second-order valence-corrected chi connectivity index (χ2v) is 2.31. The van der Waals surface area contributed by atoms with Crippen LogP contribution in [-0.4, -0.2) is 23.5 Å². The van der Waals surface area contributed by atoms with E-state index in [1.54, 1.807) is 13.3 Å². The molecule has 2 N–H and O–H groups in total. The summed E-state index contributed by atoms with van der Waals surface area (Å²) in [6, 6.07) is 0. The second-order valence-electron chi connectivity index (χ2n) is 2.31. The van der Waals surface area contributed by atoms with Crippen LogP contribution in [0.5, 0.6) is 0 Å². The average Bonchev–Trinajstić information content (AvgIpc) is 2.48. The van der Waals surface area contributed by atoms with Gasteiger partial charge in [0.1, 0.15) is 0 Å². The Morgan fingerprint density at radius 2 is 2.42 bits per heavy atom. The van der Waals surface area contributed by atoms with Crippen molar-refractivity contribution in [2.24, 2.45) is 5.73 Å². The highest BCUT2D eigenvalue weighted by atomic mass is 35.5. The van der Waals surface area contributed by atoms with Gasteiger partial charge < -0.3 is 10.5 Å². The van der Waals surface area contributed by atoms with Gasteiger partial charge in [-0.2, -0.15) is 5.10 Å². The third-order valence-corrected chi connectivity index (χ3v) is 1.45. The lowest BCUT2D eigenvalue weighted by Gasteiger charge is -1.97. The fraction of sp³-hybridized carbons (Fsp3) is 0.571. The van der Waals surface area contributed by atoms with Crippen molar-refractivity contribution >= 4 is 12.4 Å². The third-order valence-electron chi connectivity index (χ3n) is 1.45. The van der Waals surface area contributed by atoms with Gasteiger partial charge in [-0.25, -0.2) is 0 Å². The summed E-state index contributed by atoms with van der Waals surface area (Å²) in [5.74, 6) is 0. The van der Waals surface area contributed by atoms with Gasteiger partial charge in [-0.15, -0.1) is 12.4 Å². The Bertz CT molecular complexity index is 214. The van der Waals surface area contributed by atoms with Crippen molar-refractivity contribution in [1.29, 1.82) is 0 Å². The van der Waals surface area contributed by atoms with Crippen LogP contribution >= 0.6 is 12.4 Å². The van der Waals surface area contributed by atoms with Crippen LogP contribution in [0.2, 0.25) is 0 Å². The summed E-state index contributed by atoms with van der Waals surface area (Å²) in [7, 11) is 1.67. The molecule has 1 rings (SSSR count). The lowest BCUT2D eigenvalue weighted by atomic mass is 10.4. The normalized spacial score (nSPS) is 9.50. The lowest BCUT2D eigenvalue weighted by Crippen LogP contribution is -2.04. The van der Waals surface area contributed by atoms with Gasteiger partial charge in [0, 0.05) is 25.4 Å². The minimum absolute atomic E-state index is 0. The Balaban J connectivity index is 0.00000121. The molecule has 0 saturated heterocycles. The zero-order valence-corrected chi connectivity index (χ0v) is 7.88. The van der Waals surface area contributed by atoms with Gasteiger partial charge in [-0.05, 0) is 0 Å². The first-order chi connectivity index (χ1) is 5.36. The lowest BCUT2D eigenvalue weighted by molar-refractivity contribution is 0.183. The number of aromatic nitrogens is 2. The van der Waals surface area contributed by atoms with E-state index in [0.29, 0.717) is 13.2 Å². The molecule has 4 nitrogen and oxygen atoms in total. The molecule has 0 radical (unpaired) electrons. The summed E-state index contributed by atoms with van der Waals surface area (Å²) in [5.41, 5.74) is 6.46. The van der Waals surface area contributed by atoms with E-state index in [1.165, 1.54) is 0 Å². The molecule has 0 aliphatic heterocycles. The molecule has 12 heavy (non-hydrogen) atoms. The van der Waals surface area contributed by atoms with Crippen molar-refractivity contribution in [3.8, 4) is 0 Å². The maximum Gasteiger partial charge on any atom is 0.0658 e. The van der Waals surface area contributed by atoms with Gasteiger partial charge >= 0.3 is 0 Å². The Labute approximate surface area is 78.1 Å². The summed E-state index contributed by atoms with van der Waals surface area (Å²) in [5, 5.41) is 4.08. The maximum atomic E-state index is 5.41. The standard InChI is InChI=1S/C7H13N3O.ClH/c1-11-3-2-10-6-7(4-8)5-9-10;/h5-6H,2-4,8H2,1H3;1H. The molecule has 1 heterocycles. The Morgan fingerprint density at radius 1 is 1.67 bits per heavy atom. The van der Waals surface area contributed by atoms with Gasteiger partial charge in [-0.3, -0.25) is 4.68 Å². The molecule has 1 aromatic rings. The van der Waals surface area contributed by atoms with Crippen LogP contribution in [0.15, 0.2) is 12.4 Å². The largest absolute Gasteiger partial charge is 0.383 e. The Kier molecular flexibility index (Phi) is 5.70. The van der Waals surface area contributed by atoms with Crippen LogP contribution in [0, 0.1) is 0 Å². The highest BCUT2D eigenvalue weighted by molar-refractivity contribution is 5.85. The molecule has 0 fully saturated rings. The van der Waals surface area contributed by atoms with Crippen LogP contribution in [0.3, 0.4) is 0 Å². The van der Waals surface area contributed by atoms with Crippen LogP contribution in [0.1, 0.15) is 5.56 Å². The topological polar surface area (TPSA) is 53.1 Å². The molecule has 0 atom stereocenters. The predicted molar refractivity (Wildman–Crippen MR) is 49.2 cm³/mol. The first kappa shape index (κ1) is 11.4. The highest BCUT2D eigenvalue weighted by Gasteiger charge is 1.94. The fourth-order valence-corrected chi connectivity index (χ4v) is 0.819. The van der Waals surface area contributed by atoms with Gasteiger partial charge in [0.2, 0.25) is 0 Å². The molecule has 0 bridgehead atoms. The van der Waals surface area contributed by atoms with E-state index in [4.69, 9.17) is 10.5 Å². The first-order valence-corrected chi connectivity index (χ1v) is 3.57. The summed E-state index contributed by atoms with van der Waals surface area (Å²) in [6.07, 6.45) is 3.70. The summed E-state index contributed by atoms with van der Waals surface area (Å²) < 4.78 is 6.72. The van der Waals surface area contributed by atoms with Crippen molar-refractivity contribution in [3.63, 3.8) is 0 Å². The van der Waals surface area contributed by atoms with Crippen LogP contribution < -0.4 is 5.73 Å². The number of halogens is 1. The molecule has 0 spiro atoms. The molecule has 5 heteroatoms. The highest BCUT2D eigenvalue weighted by Crippen LogP contribution is 1.94.